The molecule has 0 spiro atoms. The zero-order chi connectivity index (χ0) is 21.0. The summed E-state index contributed by atoms with van der Waals surface area (Å²) in [5.74, 6) is 5.49. The van der Waals surface area contributed by atoms with Gasteiger partial charge in [-0.05, 0) is 104 Å². The van der Waals surface area contributed by atoms with Gasteiger partial charge in [0.15, 0.2) is 0 Å². The first-order valence-corrected chi connectivity index (χ1v) is 13.0. The van der Waals surface area contributed by atoms with Gasteiger partial charge in [0.2, 0.25) is 0 Å². The van der Waals surface area contributed by atoms with Crippen LogP contribution in [0.2, 0.25) is 0 Å². The summed E-state index contributed by atoms with van der Waals surface area (Å²) < 4.78 is 0. The van der Waals surface area contributed by atoms with Gasteiger partial charge in [-0.3, -0.25) is 0 Å². The molecule has 0 amide bonds. The molecule has 0 bridgehead atoms. The quantitative estimate of drug-likeness (QED) is 0.553. The predicted molar refractivity (Wildman–Crippen MR) is 120 cm³/mol. The molecule has 0 aromatic carbocycles. The van der Waals surface area contributed by atoms with Gasteiger partial charge in [0, 0.05) is 0 Å². The lowest BCUT2D eigenvalue weighted by Gasteiger charge is -2.62. The summed E-state index contributed by atoms with van der Waals surface area (Å²) in [6, 6.07) is 0. The zero-order valence-corrected chi connectivity index (χ0v) is 19.9. The predicted octanol–water partition coefficient (Wildman–Crippen LogP) is 6.44. The minimum atomic E-state index is -0.305. The van der Waals surface area contributed by atoms with E-state index in [2.05, 4.69) is 34.6 Å². The van der Waals surface area contributed by atoms with E-state index in [0.29, 0.717) is 23.7 Å². The molecular weight excluding hydrogens is 356 g/mol. The third-order valence-electron chi connectivity index (χ3n) is 10.9. The van der Waals surface area contributed by atoms with Crippen molar-refractivity contribution in [1.29, 1.82) is 0 Å². The van der Waals surface area contributed by atoms with Gasteiger partial charge < -0.3 is 10.2 Å². The highest BCUT2D eigenvalue weighted by atomic mass is 16.3. The van der Waals surface area contributed by atoms with Crippen LogP contribution in [0.4, 0.5) is 0 Å². The molecule has 168 valence electrons. The fraction of sp³-hybridized carbons (Fsp3) is 1.00. The van der Waals surface area contributed by atoms with E-state index < -0.39 is 0 Å². The van der Waals surface area contributed by atoms with Crippen LogP contribution in [0, 0.1) is 52.3 Å². The van der Waals surface area contributed by atoms with Gasteiger partial charge in [-0.2, -0.15) is 0 Å². The summed E-state index contributed by atoms with van der Waals surface area (Å²) in [6.07, 6.45) is 13.3. The Kier molecular flexibility index (Phi) is 6.19. The minimum absolute atomic E-state index is 0.0461. The fourth-order valence-electron chi connectivity index (χ4n) is 9.32. The van der Waals surface area contributed by atoms with Gasteiger partial charge in [0.1, 0.15) is 0 Å². The average molecular weight is 405 g/mol. The van der Waals surface area contributed by atoms with E-state index in [4.69, 9.17) is 0 Å². The van der Waals surface area contributed by atoms with Crippen molar-refractivity contribution < 1.29 is 10.2 Å². The van der Waals surface area contributed by atoms with Crippen LogP contribution in [-0.2, 0) is 0 Å². The standard InChI is InChI=1S/C27H48O2/c1-17(2)7-6-8-18(3)22-11-12-23-21-10-9-19-15-20(28)16-25(29)27(19,5)24(21)13-14-26(22,23)4/h17-25,28-29H,6-16H2,1-5H3/t18-,19+,20+,21+,22-,23+,24+,25+,26-,27+/m1/s1. The van der Waals surface area contributed by atoms with Gasteiger partial charge >= 0.3 is 0 Å². The molecular formula is C27H48O2. The fourth-order valence-corrected chi connectivity index (χ4v) is 9.32. The van der Waals surface area contributed by atoms with E-state index in [1.165, 1.54) is 57.8 Å². The second-order valence-corrected chi connectivity index (χ2v) is 12.7. The monoisotopic (exact) mass is 404 g/mol. The third-order valence-corrected chi connectivity index (χ3v) is 10.9. The molecule has 2 heteroatoms. The first-order valence-electron chi connectivity index (χ1n) is 13.0. The Hall–Kier alpha value is -0.0800. The van der Waals surface area contributed by atoms with E-state index in [9.17, 15) is 10.2 Å². The molecule has 4 saturated carbocycles. The molecule has 0 aromatic rings. The van der Waals surface area contributed by atoms with Crippen molar-refractivity contribution in [3.8, 4) is 0 Å². The van der Waals surface area contributed by atoms with Crippen molar-refractivity contribution in [2.24, 2.45) is 52.3 Å². The summed E-state index contributed by atoms with van der Waals surface area (Å²) in [4.78, 5) is 0. The van der Waals surface area contributed by atoms with Crippen LogP contribution in [0.5, 0.6) is 0 Å². The van der Waals surface area contributed by atoms with Crippen molar-refractivity contribution in [1.82, 2.24) is 0 Å². The lowest BCUT2D eigenvalue weighted by atomic mass is 9.43. The Labute approximate surface area is 180 Å². The molecule has 4 aliphatic rings. The zero-order valence-electron chi connectivity index (χ0n) is 19.9. The van der Waals surface area contributed by atoms with Gasteiger partial charge in [0.05, 0.1) is 12.2 Å². The summed E-state index contributed by atoms with van der Waals surface area (Å²) in [5.41, 5.74) is 0.575. The van der Waals surface area contributed by atoms with Crippen molar-refractivity contribution >= 4 is 0 Å². The van der Waals surface area contributed by atoms with Gasteiger partial charge in [-0.25, -0.2) is 0 Å². The first-order chi connectivity index (χ1) is 13.7. The van der Waals surface area contributed by atoms with E-state index in [1.54, 1.807) is 0 Å². The molecule has 0 radical (unpaired) electrons. The normalized spacial score (nSPS) is 50.7. The van der Waals surface area contributed by atoms with Crippen LogP contribution in [0.1, 0.15) is 105 Å². The molecule has 0 aliphatic heterocycles. The van der Waals surface area contributed by atoms with Crippen molar-refractivity contribution in [3.05, 3.63) is 0 Å². The third kappa shape index (κ3) is 3.63. The molecule has 10 atom stereocenters. The Balaban J connectivity index is 1.49. The smallest absolute Gasteiger partial charge is 0.0623 e. The van der Waals surface area contributed by atoms with Gasteiger partial charge in [0.25, 0.3) is 0 Å². The molecule has 29 heavy (non-hydrogen) atoms. The van der Waals surface area contributed by atoms with Crippen molar-refractivity contribution in [2.75, 3.05) is 0 Å². The van der Waals surface area contributed by atoms with E-state index >= 15 is 0 Å². The molecule has 2 N–H and O–H groups in total. The summed E-state index contributed by atoms with van der Waals surface area (Å²) >= 11 is 0. The highest BCUT2D eigenvalue weighted by molar-refractivity contribution is 5.11. The second-order valence-electron chi connectivity index (χ2n) is 12.7. The Bertz CT molecular complexity index is 573. The Morgan fingerprint density at radius 1 is 0.862 bits per heavy atom. The molecule has 2 nitrogen and oxygen atoms in total. The maximum Gasteiger partial charge on any atom is 0.0623 e. The van der Waals surface area contributed by atoms with Crippen molar-refractivity contribution in [3.63, 3.8) is 0 Å². The molecule has 4 fully saturated rings. The van der Waals surface area contributed by atoms with Crippen LogP contribution >= 0.6 is 0 Å². The lowest BCUT2D eigenvalue weighted by molar-refractivity contribution is -0.182. The molecule has 0 heterocycles. The van der Waals surface area contributed by atoms with Crippen LogP contribution < -0.4 is 0 Å². The van der Waals surface area contributed by atoms with Crippen LogP contribution in [-0.4, -0.2) is 22.4 Å². The van der Waals surface area contributed by atoms with E-state index in [-0.39, 0.29) is 17.6 Å². The Morgan fingerprint density at radius 3 is 2.34 bits per heavy atom. The second kappa shape index (κ2) is 8.12. The molecule has 4 rings (SSSR count). The van der Waals surface area contributed by atoms with Gasteiger partial charge in [-0.1, -0.05) is 53.9 Å². The molecule has 0 aromatic heterocycles. The number of fused-ring (bicyclic) bond motifs is 5. The molecule has 0 saturated heterocycles. The number of hydrogen-bond acceptors (Lipinski definition) is 2. The summed E-state index contributed by atoms with van der Waals surface area (Å²) in [6.45, 7) is 12.3. The first kappa shape index (κ1) is 22.1. The summed E-state index contributed by atoms with van der Waals surface area (Å²) in [7, 11) is 0. The average Bonchev–Trinajstić information content (AvgIpc) is 3.00. The van der Waals surface area contributed by atoms with Crippen molar-refractivity contribution in [2.45, 2.75) is 117 Å². The van der Waals surface area contributed by atoms with E-state index in [0.717, 1.165) is 36.0 Å². The lowest BCUT2D eigenvalue weighted by Crippen LogP contribution is -2.59. The minimum Gasteiger partial charge on any atom is -0.393 e. The number of aliphatic hydroxyl groups is 2. The Morgan fingerprint density at radius 2 is 1.62 bits per heavy atom. The SMILES string of the molecule is CC(C)CCC[C@@H](C)[C@H]1CC[C@H]2[C@@H]3CC[C@H]4C[C@H](O)C[C@H](O)[C@]4(C)[C@H]3CC[C@]12C. The summed E-state index contributed by atoms with van der Waals surface area (Å²) in [5, 5.41) is 21.4. The van der Waals surface area contributed by atoms with Crippen LogP contribution in [0.25, 0.3) is 0 Å². The number of rotatable bonds is 5. The van der Waals surface area contributed by atoms with Gasteiger partial charge in [-0.15, -0.1) is 0 Å². The highest BCUT2D eigenvalue weighted by Crippen LogP contribution is 2.68. The van der Waals surface area contributed by atoms with E-state index in [1.807, 2.05) is 0 Å². The molecule has 0 unspecified atom stereocenters. The van der Waals surface area contributed by atoms with Crippen LogP contribution in [0.15, 0.2) is 0 Å². The number of hydrogen-bond donors (Lipinski definition) is 2. The maximum absolute atomic E-state index is 11.1. The van der Waals surface area contributed by atoms with Crippen LogP contribution in [0.3, 0.4) is 0 Å². The number of aliphatic hydroxyl groups excluding tert-OH is 2. The highest BCUT2D eigenvalue weighted by Gasteiger charge is 2.62. The maximum atomic E-state index is 11.1. The largest absolute Gasteiger partial charge is 0.393 e. The topological polar surface area (TPSA) is 40.5 Å². The molecule has 4 aliphatic carbocycles.